The lowest BCUT2D eigenvalue weighted by atomic mass is 10.1. The number of nitrogens with zero attached hydrogens (tertiary/aromatic N) is 3. The van der Waals surface area contributed by atoms with E-state index in [-0.39, 0.29) is 11.5 Å². The van der Waals surface area contributed by atoms with Gasteiger partial charge in [0.25, 0.3) is 0 Å². The molecule has 0 atom stereocenters. The molecular formula is C16H15N3O2S. The van der Waals surface area contributed by atoms with Crippen molar-refractivity contribution in [2.45, 2.75) is 6.92 Å². The Balaban J connectivity index is 2.07. The molecule has 3 rings (SSSR count). The van der Waals surface area contributed by atoms with E-state index < -0.39 is 0 Å². The van der Waals surface area contributed by atoms with Gasteiger partial charge in [0, 0.05) is 24.2 Å². The first-order chi connectivity index (χ1) is 10.5. The first-order valence-corrected chi connectivity index (χ1v) is 7.57. The summed E-state index contributed by atoms with van der Waals surface area (Å²) in [7, 11) is 1.91. The second-order valence-corrected chi connectivity index (χ2v) is 5.81. The summed E-state index contributed by atoms with van der Waals surface area (Å²) < 4.78 is 1.93. The number of rotatable bonds is 2. The Morgan fingerprint density at radius 2 is 1.95 bits per heavy atom. The van der Waals surface area contributed by atoms with Gasteiger partial charge in [0.2, 0.25) is 0 Å². The van der Waals surface area contributed by atoms with Crippen LogP contribution in [0.25, 0.3) is 11.3 Å². The molecule has 2 N–H and O–H groups in total. The molecule has 0 saturated carbocycles. The maximum atomic E-state index is 9.64. The van der Waals surface area contributed by atoms with Crippen molar-refractivity contribution >= 4 is 17.2 Å². The number of phenolic OH excluding ortho intramolecular Hbond substituents is 2. The third-order valence-corrected chi connectivity index (χ3v) is 4.22. The number of thiazole rings is 1. The smallest absolute Gasteiger partial charge is 0.191 e. The van der Waals surface area contributed by atoms with Crippen molar-refractivity contribution in [3.05, 3.63) is 52.3 Å². The maximum Gasteiger partial charge on any atom is 0.191 e. The molecule has 2 heterocycles. The first kappa shape index (κ1) is 14.3. The lowest BCUT2D eigenvalue weighted by Crippen LogP contribution is -2.11. The van der Waals surface area contributed by atoms with E-state index in [9.17, 15) is 10.2 Å². The molecule has 0 fully saturated rings. The van der Waals surface area contributed by atoms with Crippen LogP contribution in [0.1, 0.15) is 5.56 Å². The number of benzene rings is 1. The SMILES string of the molecule is Cc1ccnc(N=c2scc(-c3ccc(O)c(O)c3)n2C)c1. The summed E-state index contributed by atoms with van der Waals surface area (Å²) >= 11 is 1.49. The second kappa shape index (κ2) is 5.65. The number of aryl methyl sites for hydroxylation is 1. The van der Waals surface area contributed by atoms with Crippen LogP contribution in [-0.4, -0.2) is 19.8 Å². The fraction of sp³-hybridized carbons (Fsp3) is 0.125. The van der Waals surface area contributed by atoms with Gasteiger partial charge >= 0.3 is 0 Å². The van der Waals surface area contributed by atoms with E-state index >= 15 is 0 Å². The number of aromatic hydroxyl groups is 2. The Morgan fingerprint density at radius 3 is 2.68 bits per heavy atom. The van der Waals surface area contributed by atoms with E-state index in [0.717, 1.165) is 21.6 Å². The van der Waals surface area contributed by atoms with Crippen LogP contribution in [0.5, 0.6) is 11.5 Å². The Kier molecular flexibility index (Phi) is 3.68. The van der Waals surface area contributed by atoms with E-state index in [2.05, 4.69) is 9.98 Å². The van der Waals surface area contributed by atoms with Crippen molar-refractivity contribution < 1.29 is 10.2 Å². The minimum Gasteiger partial charge on any atom is -0.504 e. The molecule has 1 aromatic carbocycles. The zero-order chi connectivity index (χ0) is 15.7. The quantitative estimate of drug-likeness (QED) is 0.714. The molecule has 0 aliphatic heterocycles. The topological polar surface area (TPSA) is 70.6 Å². The van der Waals surface area contributed by atoms with Crippen LogP contribution in [-0.2, 0) is 7.05 Å². The Bertz CT molecular complexity index is 896. The van der Waals surface area contributed by atoms with Crippen molar-refractivity contribution in [2.24, 2.45) is 12.0 Å². The van der Waals surface area contributed by atoms with Crippen molar-refractivity contribution in [2.75, 3.05) is 0 Å². The highest BCUT2D eigenvalue weighted by atomic mass is 32.1. The number of hydrogen-bond donors (Lipinski definition) is 2. The molecule has 0 amide bonds. The van der Waals surface area contributed by atoms with Crippen molar-refractivity contribution in [1.29, 1.82) is 0 Å². The summed E-state index contributed by atoms with van der Waals surface area (Å²) in [6, 6.07) is 8.61. The summed E-state index contributed by atoms with van der Waals surface area (Å²) in [5, 5.41) is 21.0. The predicted octanol–water partition coefficient (Wildman–Crippen LogP) is 3.10. The van der Waals surface area contributed by atoms with Crippen LogP contribution < -0.4 is 4.80 Å². The first-order valence-electron chi connectivity index (χ1n) is 6.69. The fourth-order valence-electron chi connectivity index (χ4n) is 2.09. The number of pyridine rings is 1. The zero-order valence-electron chi connectivity index (χ0n) is 12.2. The summed E-state index contributed by atoms with van der Waals surface area (Å²) in [4.78, 5) is 9.59. The van der Waals surface area contributed by atoms with Crippen LogP contribution >= 0.6 is 11.3 Å². The number of aromatic nitrogens is 2. The van der Waals surface area contributed by atoms with Gasteiger partial charge < -0.3 is 14.8 Å². The van der Waals surface area contributed by atoms with Gasteiger partial charge in [-0.2, -0.15) is 0 Å². The monoisotopic (exact) mass is 313 g/mol. The largest absolute Gasteiger partial charge is 0.504 e. The molecule has 0 spiro atoms. The highest BCUT2D eigenvalue weighted by Gasteiger charge is 2.08. The summed E-state index contributed by atoms with van der Waals surface area (Å²) in [5.74, 6) is 0.399. The van der Waals surface area contributed by atoms with Crippen LogP contribution in [0.4, 0.5) is 5.82 Å². The molecule has 2 aromatic heterocycles. The van der Waals surface area contributed by atoms with E-state index in [1.54, 1.807) is 12.3 Å². The third kappa shape index (κ3) is 2.73. The highest BCUT2D eigenvalue weighted by molar-refractivity contribution is 7.07. The van der Waals surface area contributed by atoms with Gasteiger partial charge in [0.15, 0.2) is 22.1 Å². The number of hydrogen-bond acceptors (Lipinski definition) is 5. The Hall–Kier alpha value is -2.60. The van der Waals surface area contributed by atoms with Gasteiger partial charge in [-0.3, -0.25) is 0 Å². The minimum absolute atomic E-state index is 0.129. The molecule has 0 bridgehead atoms. The molecule has 0 aliphatic rings. The minimum atomic E-state index is -0.137. The van der Waals surface area contributed by atoms with Crippen LogP contribution in [0, 0.1) is 6.92 Å². The Morgan fingerprint density at radius 1 is 1.14 bits per heavy atom. The maximum absolute atomic E-state index is 9.64. The van der Waals surface area contributed by atoms with Crippen molar-refractivity contribution in [1.82, 2.24) is 9.55 Å². The number of phenols is 2. The van der Waals surface area contributed by atoms with Gasteiger partial charge in [-0.15, -0.1) is 11.3 Å². The lowest BCUT2D eigenvalue weighted by Gasteiger charge is -2.04. The zero-order valence-corrected chi connectivity index (χ0v) is 13.0. The van der Waals surface area contributed by atoms with E-state index in [4.69, 9.17) is 0 Å². The van der Waals surface area contributed by atoms with Gasteiger partial charge in [-0.25, -0.2) is 9.98 Å². The average Bonchev–Trinajstić information content (AvgIpc) is 2.83. The van der Waals surface area contributed by atoms with Crippen molar-refractivity contribution in [3.63, 3.8) is 0 Å². The van der Waals surface area contributed by atoms with Crippen LogP contribution in [0.15, 0.2) is 46.9 Å². The highest BCUT2D eigenvalue weighted by Crippen LogP contribution is 2.30. The molecule has 0 radical (unpaired) electrons. The molecule has 5 nitrogen and oxygen atoms in total. The molecule has 0 saturated heterocycles. The van der Waals surface area contributed by atoms with E-state index in [1.165, 1.54) is 23.5 Å². The summed E-state index contributed by atoms with van der Waals surface area (Å²) in [6.07, 6.45) is 1.74. The van der Waals surface area contributed by atoms with Crippen molar-refractivity contribution in [3.8, 4) is 22.8 Å². The molecule has 22 heavy (non-hydrogen) atoms. The van der Waals surface area contributed by atoms with Gasteiger partial charge in [0.05, 0.1) is 5.69 Å². The van der Waals surface area contributed by atoms with Crippen LogP contribution in [0.3, 0.4) is 0 Å². The molecule has 0 unspecified atom stereocenters. The van der Waals surface area contributed by atoms with Gasteiger partial charge in [-0.05, 0) is 42.8 Å². The Labute approximate surface area is 131 Å². The van der Waals surface area contributed by atoms with E-state index in [0.29, 0.717) is 5.82 Å². The lowest BCUT2D eigenvalue weighted by molar-refractivity contribution is 0.404. The molecular weight excluding hydrogens is 298 g/mol. The predicted molar refractivity (Wildman–Crippen MR) is 86.3 cm³/mol. The third-order valence-electron chi connectivity index (χ3n) is 3.31. The fourth-order valence-corrected chi connectivity index (χ4v) is 3.01. The van der Waals surface area contributed by atoms with Gasteiger partial charge in [-0.1, -0.05) is 0 Å². The normalized spacial score (nSPS) is 11.8. The molecule has 112 valence electrons. The summed E-state index contributed by atoms with van der Waals surface area (Å²) in [6.45, 7) is 2.00. The summed E-state index contributed by atoms with van der Waals surface area (Å²) in [5.41, 5.74) is 2.83. The van der Waals surface area contributed by atoms with Crippen LogP contribution in [0.2, 0.25) is 0 Å². The second-order valence-electron chi connectivity index (χ2n) is 4.97. The molecule has 0 aliphatic carbocycles. The molecule has 6 heteroatoms. The van der Waals surface area contributed by atoms with Gasteiger partial charge in [0.1, 0.15) is 0 Å². The average molecular weight is 313 g/mol. The standard InChI is InChI=1S/C16H15N3O2S/c1-10-5-6-17-15(7-10)18-16-19(2)12(9-22-16)11-3-4-13(20)14(21)8-11/h3-9,20-21H,1-2H3. The van der Waals surface area contributed by atoms with E-state index in [1.807, 2.05) is 36.1 Å². The molecule has 3 aromatic rings.